The zero-order valence-electron chi connectivity index (χ0n) is 12.9. The van der Waals surface area contributed by atoms with Crippen LogP contribution in [0.15, 0.2) is 0 Å². The first kappa shape index (κ1) is 15.9. The molecule has 0 aromatic rings. The van der Waals surface area contributed by atoms with Crippen molar-refractivity contribution in [2.45, 2.75) is 65.6 Å². The Labute approximate surface area is 113 Å². The second-order valence-corrected chi connectivity index (χ2v) is 6.10. The fourth-order valence-electron chi connectivity index (χ4n) is 2.69. The van der Waals surface area contributed by atoms with Gasteiger partial charge in [0.05, 0.1) is 6.10 Å². The summed E-state index contributed by atoms with van der Waals surface area (Å²) in [5.41, 5.74) is 0. The normalized spacial score (nSPS) is 22.3. The van der Waals surface area contributed by atoms with Gasteiger partial charge in [-0.25, -0.2) is 0 Å². The highest BCUT2D eigenvalue weighted by Crippen LogP contribution is 2.17. The standard InChI is InChI=1S/C15H32N2O/c1-6-17(11-14-8-7-9-18-14)15(12(2)3)10-16-13(4)5/h12-16H,6-11H2,1-5H3. The summed E-state index contributed by atoms with van der Waals surface area (Å²) in [5, 5.41) is 3.58. The average molecular weight is 256 g/mol. The van der Waals surface area contributed by atoms with Crippen LogP contribution in [0.5, 0.6) is 0 Å². The van der Waals surface area contributed by atoms with Crippen LogP contribution in [0.1, 0.15) is 47.5 Å². The minimum absolute atomic E-state index is 0.463. The number of nitrogens with one attached hydrogen (secondary N) is 1. The number of hydrogen-bond acceptors (Lipinski definition) is 3. The van der Waals surface area contributed by atoms with Gasteiger partial charge in [-0.1, -0.05) is 34.6 Å². The fraction of sp³-hybridized carbons (Fsp3) is 1.00. The molecule has 18 heavy (non-hydrogen) atoms. The van der Waals surface area contributed by atoms with E-state index in [1.165, 1.54) is 12.8 Å². The predicted molar refractivity (Wildman–Crippen MR) is 78.0 cm³/mol. The van der Waals surface area contributed by atoms with E-state index in [1.807, 2.05) is 0 Å². The molecule has 2 atom stereocenters. The summed E-state index contributed by atoms with van der Waals surface area (Å²) in [6, 6.07) is 1.18. The molecule has 3 heteroatoms. The number of rotatable bonds is 8. The molecule has 0 aromatic carbocycles. The Morgan fingerprint density at radius 2 is 2.00 bits per heavy atom. The molecule has 2 unspecified atom stereocenters. The lowest BCUT2D eigenvalue weighted by Crippen LogP contribution is -2.49. The Balaban J connectivity index is 2.49. The van der Waals surface area contributed by atoms with Gasteiger partial charge in [-0.3, -0.25) is 4.90 Å². The van der Waals surface area contributed by atoms with Gasteiger partial charge in [0, 0.05) is 31.8 Å². The van der Waals surface area contributed by atoms with Gasteiger partial charge in [-0.15, -0.1) is 0 Å². The molecule has 1 aliphatic rings. The minimum atomic E-state index is 0.463. The minimum Gasteiger partial charge on any atom is -0.377 e. The summed E-state index contributed by atoms with van der Waals surface area (Å²) < 4.78 is 5.78. The third-order valence-electron chi connectivity index (χ3n) is 3.84. The van der Waals surface area contributed by atoms with E-state index >= 15 is 0 Å². The van der Waals surface area contributed by atoms with Crippen LogP contribution in [0.25, 0.3) is 0 Å². The van der Waals surface area contributed by atoms with Gasteiger partial charge < -0.3 is 10.1 Å². The SMILES string of the molecule is CCN(CC1CCCO1)C(CNC(C)C)C(C)C. The van der Waals surface area contributed by atoms with Crippen LogP contribution >= 0.6 is 0 Å². The molecular formula is C15H32N2O. The van der Waals surface area contributed by atoms with Crippen molar-refractivity contribution in [3.63, 3.8) is 0 Å². The molecular weight excluding hydrogens is 224 g/mol. The zero-order valence-corrected chi connectivity index (χ0v) is 12.9. The van der Waals surface area contributed by atoms with Crippen molar-refractivity contribution in [2.24, 2.45) is 5.92 Å². The molecule has 1 saturated heterocycles. The summed E-state index contributed by atoms with van der Waals surface area (Å²) >= 11 is 0. The smallest absolute Gasteiger partial charge is 0.0702 e. The predicted octanol–water partition coefficient (Wildman–Crippen LogP) is 2.51. The highest BCUT2D eigenvalue weighted by molar-refractivity contribution is 4.80. The first-order chi connectivity index (χ1) is 8.54. The quantitative estimate of drug-likeness (QED) is 0.722. The Bertz CT molecular complexity index is 213. The Morgan fingerprint density at radius 3 is 2.44 bits per heavy atom. The van der Waals surface area contributed by atoms with Crippen LogP contribution in [0.2, 0.25) is 0 Å². The van der Waals surface area contributed by atoms with Crippen LogP contribution in [0.3, 0.4) is 0 Å². The molecule has 0 bridgehead atoms. The molecule has 0 saturated carbocycles. The van der Waals surface area contributed by atoms with Crippen molar-refractivity contribution in [3.8, 4) is 0 Å². The first-order valence-corrected chi connectivity index (χ1v) is 7.63. The molecule has 0 aromatic heterocycles. The van der Waals surface area contributed by atoms with E-state index in [4.69, 9.17) is 4.74 Å². The summed E-state index contributed by atoms with van der Waals surface area (Å²) in [5.74, 6) is 0.678. The summed E-state index contributed by atoms with van der Waals surface area (Å²) in [6.07, 6.45) is 2.93. The van der Waals surface area contributed by atoms with Crippen LogP contribution in [0, 0.1) is 5.92 Å². The third kappa shape index (κ3) is 5.25. The van der Waals surface area contributed by atoms with E-state index in [-0.39, 0.29) is 0 Å². The van der Waals surface area contributed by atoms with Crippen molar-refractivity contribution in [1.29, 1.82) is 0 Å². The lowest BCUT2D eigenvalue weighted by Gasteiger charge is -2.35. The average Bonchev–Trinajstić information content (AvgIpc) is 2.79. The Morgan fingerprint density at radius 1 is 1.28 bits per heavy atom. The van der Waals surface area contributed by atoms with E-state index < -0.39 is 0 Å². The van der Waals surface area contributed by atoms with Crippen molar-refractivity contribution < 1.29 is 4.74 Å². The highest BCUT2D eigenvalue weighted by Gasteiger charge is 2.25. The first-order valence-electron chi connectivity index (χ1n) is 7.63. The van der Waals surface area contributed by atoms with E-state index in [2.05, 4.69) is 44.8 Å². The molecule has 1 heterocycles. The largest absolute Gasteiger partial charge is 0.377 e. The van der Waals surface area contributed by atoms with Gasteiger partial charge in [0.1, 0.15) is 0 Å². The Hall–Kier alpha value is -0.120. The van der Waals surface area contributed by atoms with Gasteiger partial charge in [0.15, 0.2) is 0 Å². The van der Waals surface area contributed by atoms with Gasteiger partial charge in [0.25, 0.3) is 0 Å². The van der Waals surface area contributed by atoms with Crippen LogP contribution in [-0.2, 0) is 4.74 Å². The van der Waals surface area contributed by atoms with Crippen LogP contribution in [-0.4, -0.2) is 49.3 Å². The number of ether oxygens (including phenoxy) is 1. The second kappa shape index (κ2) is 8.13. The van der Waals surface area contributed by atoms with Crippen molar-refractivity contribution in [1.82, 2.24) is 10.2 Å². The highest BCUT2D eigenvalue weighted by atomic mass is 16.5. The van der Waals surface area contributed by atoms with Gasteiger partial charge in [-0.2, -0.15) is 0 Å². The zero-order chi connectivity index (χ0) is 13.5. The molecule has 108 valence electrons. The molecule has 0 amide bonds. The number of hydrogen-bond donors (Lipinski definition) is 1. The topological polar surface area (TPSA) is 24.5 Å². The van der Waals surface area contributed by atoms with E-state index in [0.717, 1.165) is 26.2 Å². The van der Waals surface area contributed by atoms with Gasteiger partial charge in [-0.05, 0) is 25.3 Å². The summed E-state index contributed by atoms with van der Waals surface area (Å²) in [4.78, 5) is 2.59. The van der Waals surface area contributed by atoms with Crippen LogP contribution in [0.4, 0.5) is 0 Å². The molecule has 3 nitrogen and oxygen atoms in total. The van der Waals surface area contributed by atoms with Gasteiger partial charge >= 0.3 is 0 Å². The third-order valence-corrected chi connectivity index (χ3v) is 3.84. The monoisotopic (exact) mass is 256 g/mol. The fourth-order valence-corrected chi connectivity index (χ4v) is 2.69. The van der Waals surface area contributed by atoms with Gasteiger partial charge in [0.2, 0.25) is 0 Å². The molecule has 0 spiro atoms. The maximum atomic E-state index is 5.78. The van der Waals surface area contributed by atoms with E-state index in [0.29, 0.717) is 24.1 Å². The van der Waals surface area contributed by atoms with Crippen molar-refractivity contribution in [2.75, 3.05) is 26.2 Å². The molecule has 1 N–H and O–H groups in total. The number of nitrogens with zero attached hydrogens (tertiary/aromatic N) is 1. The van der Waals surface area contributed by atoms with E-state index in [9.17, 15) is 0 Å². The Kier molecular flexibility index (Phi) is 7.20. The van der Waals surface area contributed by atoms with E-state index in [1.54, 1.807) is 0 Å². The summed E-state index contributed by atoms with van der Waals surface area (Å²) in [7, 11) is 0. The molecule has 1 rings (SSSR count). The maximum absolute atomic E-state index is 5.78. The molecule has 0 radical (unpaired) electrons. The molecule has 1 fully saturated rings. The summed E-state index contributed by atoms with van der Waals surface area (Å²) in [6.45, 7) is 15.6. The molecule has 0 aliphatic carbocycles. The maximum Gasteiger partial charge on any atom is 0.0702 e. The number of likely N-dealkylation sites (N-methyl/N-ethyl adjacent to an activating group) is 1. The van der Waals surface area contributed by atoms with Crippen molar-refractivity contribution in [3.05, 3.63) is 0 Å². The second-order valence-electron chi connectivity index (χ2n) is 6.10. The van der Waals surface area contributed by atoms with Crippen LogP contribution < -0.4 is 5.32 Å². The van der Waals surface area contributed by atoms with Crippen molar-refractivity contribution >= 4 is 0 Å². The lowest BCUT2D eigenvalue weighted by atomic mass is 10.0. The lowest BCUT2D eigenvalue weighted by molar-refractivity contribution is 0.0489. The molecule has 1 aliphatic heterocycles.